The molecule has 1 aliphatic rings. The number of nitrogens with one attached hydrogen (secondary N) is 2. The Hall–Kier alpha value is -3.18. The molecular formula is C28H27FN2OS. The SMILES string of the molecule is CCc1cccc(CC)c1NC(=O)Nc1sc2cc3c(cc2c1-c1ccccc1F)CCC3. The van der Waals surface area contributed by atoms with Crippen LogP contribution >= 0.6 is 11.3 Å². The fourth-order valence-electron chi connectivity index (χ4n) is 4.83. The van der Waals surface area contributed by atoms with Crippen LogP contribution in [0.4, 0.5) is 19.9 Å². The molecule has 168 valence electrons. The summed E-state index contributed by atoms with van der Waals surface area (Å²) in [4.78, 5) is 13.2. The number of carbonyl (C=O) groups excluding carboxylic acids is 1. The fraction of sp³-hybridized carbons (Fsp3) is 0.250. The molecule has 0 unspecified atom stereocenters. The van der Waals surface area contributed by atoms with E-state index in [-0.39, 0.29) is 11.8 Å². The van der Waals surface area contributed by atoms with Crippen LogP contribution in [0, 0.1) is 5.82 Å². The van der Waals surface area contributed by atoms with Crippen LogP contribution in [-0.4, -0.2) is 6.03 Å². The van der Waals surface area contributed by atoms with Crippen molar-refractivity contribution in [2.45, 2.75) is 46.0 Å². The summed E-state index contributed by atoms with van der Waals surface area (Å²) in [5.74, 6) is -0.286. The standard InChI is InChI=1S/C28H27FN2OS/c1-3-17-9-7-10-18(4-2)26(17)30-28(32)31-27-25(21-13-5-6-14-23(21)29)22-15-19-11-8-12-20(19)16-24(22)33-27/h5-7,9-10,13-16H,3-4,8,11-12H2,1-2H3,(H2,30,31,32). The molecule has 1 heterocycles. The summed E-state index contributed by atoms with van der Waals surface area (Å²) >= 11 is 1.51. The Labute approximate surface area is 197 Å². The smallest absolute Gasteiger partial charge is 0.307 e. The minimum absolute atomic E-state index is 0.286. The average molecular weight is 459 g/mol. The molecule has 5 rings (SSSR count). The molecule has 0 aliphatic heterocycles. The number of para-hydroxylation sites is 1. The lowest BCUT2D eigenvalue weighted by atomic mass is 10.00. The van der Waals surface area contributed by atoms with Gasteiger partial charge in [-0.2, -0.15) is 0 Å². The van der Waals surface area contributed by atoms with Crippen LogP contribution < -0.4 is 10.6 Å². The Bertz CT molecular complexity index is 1340. The number of carbonyl (C=O) groups is 1. The van der Waals surface area contributed by atoms with Gasteiger partial charge in [0, 0.05) is 26.9 Å². The molecule has 0 spiro atoms. The van der Waals surface area contributed by atoms with Gasteiger partial charge in [-0.25, -0.2) is 9.18 Å². The average Bonchev–Trinajstić information content (AvgIpc) is 3.41. The third kappa shape index (κ3) is 4.02. The van der Waals surface area contributed by atoms with E-state index in [1.807, 2.05) is 24.3 Å². The highest BCUT2D eigenvalue weighted by atomic mass is 32.1. The highest BCUT2D eigenvalue weighted by Gasteiger charge is 2.22. The van der Waals surface area contributed by atoms with Crippen molar-refractivity contribution in [3.05, 3.63) is 82.7 Å². The molecule has 2 amide bonds. The van der Waals surface area contributed by atoms with Crippen molar-refractivity contribution in [2.24, 2.45) is 0 Å². The van der Waals surface area contributed by atoms with Crippen molar-refractivity contribution < 1.29 is 9.18 Å². The zero-order valence-electron chi connectivity index (χ0n) is 18.9. The third-order valence-corrected chi connectivity index (χ3v) is 7.58. The van der Waals surface area contributed by atoms with Gasteiger partial charge in [0.25, 0.3) is 0 Å². The van der Waals surface area contributed by atoms with Crippen molar-refractivity contribution in [3.63, 3.8) is 0 Å². The predicted octanol–water partition coefficient (Wildman–Crippen LogP) is 7.96. The summed E-state index contributed by atoms with van der Waals surface area (Å²) in [6.07, 6.45) is 4.95. The van der Waals surface area contributed by atoms with E-state index < -0.39 is 0 Å². The van der Waals surface area contributed by atoms with Gasteiger partial charge >= 0.3 is 6.03 Å². The van der Waals surface area contributed by atoms with Gasteiger partial charge in [0.15, 0.2) is 0 Å². The van der Waals surface area contributed by atoms with E-state index in [4.69, 9.17) is 0 Å². The maximum Gasteiger partial charge on any atom is 0.324 e. The number of amides is 2. The first-order valence-corrected chi connectivity index (χ1v) is 12.4. The number of anilines is 2. The Balaban J connectivity index is 1.57. The van der Waals surface area contributed by atoms with Gasteiger partial charge < -0.3 is 5.32 Å². The van der Waals surface area contributed by atoms with E-state index in [0.717, 1.165) is 64.6 Å². The number of benzene rings is 3. The van der Waals surface area contributed by atoms with E-state index in [1.54, 1.807) is 12.1 Å². The highest BCUT2D eigenvalue weighted by Crippen LogP contribution is 2.45. The van der Waals surface area contributed by atoms with Crippen molar-refractivity contribution in [2.75, 3.05) is 10.6 Å². The molecule has 0 fully saturated rings. The molecule has 1 aliphatic carbocycles. The zero-order valence-corrected chi connectivity index (χ0v) is 19.7. The topological polar surface area (TPSA) is 41.1 Å². The number of halogens is 1. The summed E-state index contributed by atoms with van der Waals surface area (Å²) in [7, 11) is 0. The molecule has 2 N–H and O–H groups in total. The molecule has 33 heavy (non-hydrogen) atoms. The van der Waals surface area contributed by atoms with Crippen LogP contribution in [0.2, 0.25) is 0 Å². The van der Waals surface area contributed by atoms with Gasteiger partial charge in [0.1, 0.15) is 10.8 Å². The monoisotopic (exact) mass is 458 g/mol. The first kappa shape index (κ1) is 21.7. The first-order valence-electron chi connectivity index (χ1n) is 11.6. The van der Waals surface area contributed by atoms with Crippen LogP contribution in [0.1, 0.15) is 42.5 Å². The lowest BCUT2D eigenvalue weighted by Gasteiger charge is -2.15. The summed E-state index contributed by atoms with van der Waals surface area (Å²) in [6.45, 7) is 4.17. The van der Waals surface area contributed by atoms with Gasteiger partial charge in [-0.05, 0) is 72.6 Å². The van der Waals surface area contributed by atoms with Gasteiger partial charge in [-0.3, -0.25) is 5.32 Å². The normalized spacial score (nSPS) is 12.7. The summed E-state index contributed by atoms with van der Waals surface area (Å²) in [5, 5.41) is 7.80. The van der Waals surface area contributed by atoms with Gasteiger partial charge in [-0.15, -0.1) is 11.3 Å². The molecule has 0 saturated heterocycles. The molecule has 5 heteroatoms. The number of urea groups is 1. The number of rotatable bonds is 5. The van der Waals surface area contributed by atoms with Gasteiger partial charge in [0.05, 0.1) is 0 Å². The Kier molecular flexibility index (Phi) is 5.90. The fourth-order valence-corrected chi connectivity index (χ4v) is 5.99. The van der Waals surface area contributed by atoms with Crippen molar-refractivity contribution >= 4 is 38.1 Å². The van der Waals surface area contributed by atoms with Crippen LogP contribution in [-0.2, 0) is 25.7 Å². The van der Waals surface area contributed by atoms with E-state index in [0.29, 0.717) is 10.6 Å². The highest BCUT2D eigenvalue weighted by molar-refractivity contribution is 7.23. The molecule has 0 radical (unpaired) electrons. The zero-order chi connectivity index (χ0) is 22.9. The number of thiophene rings is 1. The summed E-state index contributed by atoms with van der Waals surface area (Å²) in [5.41, 5.74) is 7.05. The molecular weight excluding hydrogens is 431 g/mol. The third-order valence-electron chi connectivity index (χ3n) is 6.51. The quantitative estimate of drug-likeness (QED) is 0.313. The van der Waals surface area contributed by atoms with Crippen LogP contribution in [0.25, 0.3) is 21.2 Å². The molecule has 3 aromatic carbocycles. The summed E-state index contributed by atoms with van der Waals surface area (Å²) < 4.78 is 16.0. The second-order valence-electron chi connectivity index (χ2n) is 8.49. The minimum Gasteiger partial charge on any atom is -0.307 e. The molecule has 4 aromatic rings. The number of fused-ring (bicyclic) bond motifs is 2. The van der Waals surface area contributed by atoms with Crippen LogP contribution in [0.3, 0.4) is 0 Å². The molecule has 1 aromatic heterocycles. The second-order valence-corrected chi connectivity index (χ2v) is 9.55. The van der Waals surface area contributed by atoms with E-state index >= 15 is 0 Å². The van der Waals surface area contributed by atoms with Crippen molar-refractivity contribution in [1.82, 2.24) is 0 Å². The Morgan fingerprint density at radius 2 is 1.64 bits per heavy atom. The van der Waals surface area contributed by atoms with Crippen molar-refractivity contribution in [1.29, 1.82) is 0 Å². The number of aryl methyl sites for hydroxylation is 4. The molecule has 0 bridgehead atoms. The minimum atomic E-state index is -0.303. The second kappa shape index (κ2) is 8.99. The maximum absolute atomic E-state index is 14.9. The molecule has 3 nitrogen and oxygen atoms in total. The van der Waals surface area contributed by atoms with Crippen LogP contribution in [0.5, 0.6) is 0 Å². The Morgan fingerprint density at radius 3 is 2.33 bits per heavy atom. The molecule has 0 saturated carbocycles. The summed E-state index contributed by atoms with van der Waals surface area (Å²) in [6, 6.07) is 17.0. The van der Waals surface area contributed by atoms with Gasteiger partial charge in [0.2, 0.25) is 0 Å². The Morgan fingerprint density at radius 1 is 0.939 bits per heavy atom. The largest absolute Gasteiger partial charge is 0.324 e. The number of hydrogen-bond donors (Lipinski definition) is 2. The molecule has 0 atom stereocenters. The van der Waals surface area contributed by atoms with E-state index in [1.165, 1.54) is 28.5 Å². The van der Waals surface area contributed by atoms with Gasteiger partial charge in [-0.1, -0.05) is 50.2 Å². The lowest BCUT2D eigenvalue weighted by molar-refractivity contribution is 0.262. The van der Waals surface area contributed by atoms with Crippen molar-refractivity contribution in [3.8, 4) is 11.1 Å². The predicted molar refractivity (Wildman–Crippen MR) is 137 cm³/mol. The first-order chi connectivity index (χ1) is 16.1. The van der Waals surface area contributed by atoms with E-state index in [2.05, 4.69) is 36.6 Å². The lowest BCUT2D eigenvalue weighted by Crippen LogP contribution is -2.21. The van der Waals surface area contributed by atoms with Crippen LogP contribution in [0.15, 0.2) is 54.6 Å². The number of hydrogen-bond acceptors (Lipinski definition) is 2. The maximum atomic E-state index is 14.9. The van der Waals surface area contributed by atoms with E-state index in [9.17, 15) is 9.18 Å².